The van der Waals surface area contributed by atoms with Crippen molar-refractivity contribution in [3.05, 3.63) is 48.2 Å². The number of likely N-dealkylation sites (tertiary alicyclic amines) is 1. The van der Waals surface area contributed by atoms with Crippen LogP contribution in [0.5, 0.6) is 0 Å². The number of carbonyl (C=O) groups is 1. The summed E-state index contributed by atoms with van der Waals surface area (Å²) in [5.74, 6) is 1.61. The second kappa shape index (κ2) is 7.63. The van der Waals surface area contributed by atoms with E-state index in [9.17, 15) is 4.79 Å². The molecule has 158 valence electrons. The fraction of sp³-hybridized carbons (Fsp3) is 0.435. The van der Waals surface area contributed by atoms with E-state index in [4.69, 9.17) is 4.99 Å². The lowest BCUT2D eigenvalue weighted by molar-refractivity contribution is 0.221. The summed E-state index contributed by atoms with van der Waals surface area (Å²) in [6.07, 6.45) is 3.41. The molecule has 0 bridgehead atoms. The third-order valence-electron chi connectivity index (χ3n) is 5.52. The van der Waals surface area contributed by atoms with E-state index in [1.54, 1.807) is 6.20 Å². The number of benzene rings is 1. The van der Waals surface area contributed by atoms with Gasteiger partial charge in [-0.1, -0.05) is 25.1 Å². The Balaban J connectivity index is 1.59. The van der Waals surface area contributed by atoms with Crippen molar-refractivity contribution in [2.75, 3.05) is 29.0 Å². The van der Waals surface area contributed by atoms with Gasteiger partial charge < -0.3 is 20.9 Å². The Bertz CT molecular complexity index is 980. The molecule has 1 saturated heterocycles. The molecule has 7 nitrogen and oxygen atoms in total. The smallest absolute Gasteiger partial charge is 0.321 e. The summed E-state index contributed by atoms with van der Waals surface area (Å²) in [4.78, 5) is 24.3. The zero-order chi connectivity index (χ0) is 21.4. The Morgan fingerprint density at radius 1 is 1.27 bits per heavy atom. The number of pyridine rings is 1. The molecule has 0 aliphatic carbocycles. The van der Waals surface area contributed by atoms with E-state index in [1.165, 1.54) is 0 Å². The fourth-order valence-electron chi connectivity index (χ4n) is 4.05. The van der Waals surface area contributed by atoms with Crippen LogP contribution in [-0.4, -0.2) is 45.9 Å². The maximum atomic E-state index is 13.1. The standard InChI is InChI=1S/C23H30N6O/c1-5-16-9-6-7-10-17(16)25-21(30)29-14-12-23(15-29)20(28-22(2,3)4)26-19-18(27-23)11-8-13-24-19/h6-11,13,27H,5,12,14-15H2,1-4H3,(H,25,30)(H,24,26,28)/t23-/m0/s1. The average molecular weight is 407 g/mol. The Hall–Kier alpha value is -3.09. The van der Waals surface area contributed by atoms with Crippen molar-refractivity contribution in [2.24, 2.45) is 4.99 Å². The van der Waals surface area contributed by atoms with Crippen LogP contribution in [0.1, 0.15) is 39.7 Å². The number of urea groups is 1. The van der Waals surface area contributed by atoms with Crippen LogP contribution >= 0.6 is 0 Å². The summed E-state index contributed by atoms with van der Waals surface area (Å²) < 4.78 is 0. The third-order valence-corrected chi connectivity index (χ3v) is 5.52. The van der Waals surface area contributed by atoms with Crippen molar-refractivity contribution in [2.45, 2.75) is 51.6 Å². The molecule has 2 aromatic rings. The second-order valence-corrected chi connectivity index (χ2v) is 8.98. The topological polar surface area (TPSA) is 81.7 Å². The van der Waals surface area contributed by atoms with E-state index < -0.39 is 5.54 Å². The molecule has 30 heavy (non-hydrogen) atoms. The van der Waals surface area contributed by atoms with Gasteiger partial charge in [-0.3, -0.25) is 4.99 Å². The van der Waals surface area contributed by atoms with Crippen LogP contribution < -0.4 is 16.0 Å². The van der Waals surface area contributed by atoms with Gasteiger partial charge in [-0.2, -0.15) is 0 Å². The Labute approximate surface area is 178 Å². The van der Waals surface area contributed by atoms with Crippen LogP contribution in [-0.2, 0) is 6.42 Å². The highest BCUT2D eigenvalue weighted by Crippen LogP contribution is 2.36. The van der Waals surface area contributed by atoms with Gasteiger partial charge in [0.2, 0.25) is 0 Å². The molecular formula is C23H30N6O. The minimum Gasteiger partial charge on any atom is -0.368 e. The van der Waals surface area contributed by atoms with Crippen LogP contribution in [0.25, 0.3) is 0 Å². The third kappa shape index (κ3) is 3.97. The average Bonchev–Trinajstić information content (AvgIpc) is 3.13. The number of rotatable bonds is 2. The number of nitrogens with zero attached hydrogens (tertiary/aromatic N) is 3. The maximum Gasteiger partial charge on any atom is 0.321 e. The van der Waals surface area contributed by atoms with E-state index in [0.29, 0.717) is 13.1 Å². The molecule has 3 N–H and O–H groups in total. The van der Waals surface area contributed by atoms with Crippen molar-refractivity contribution in [3.63, 3.8) is 0 Å². The molecule has 3 heterocycles. The van der Waals surface area contributed by atoms with Crippen molar-refractivity contribution in [3.8, 4) is 0 Å². The van der Waals surface area contributed by atoms with E-state index in [2.05, 4.69) is 48.6 Å². The first-order valence-corrected chi connectivity index (χ1v) is 10.5. The van der Waals surface area contributed by atoms with Crippen molar-refractivity contribution < 1.29 is 4.79 Å². The number of aliphatic imine (C=N–C) groups is 1. The van der Waals surface area contributed by atoms with E-state index in [0.717, 1.165) is 41.4 Å². The minimum absolute atomic E-state index is 0.0818. The summed E-state index contributed by atoms with van der Waals surface area (Å²) in [6.45, 7) is 9.49. The fourth-order valence-corrected chi connectivity index (χ4v) is 4.05. The van der Waals surface area contributed by atoms with Gasteiger partial charge in [0, 0.05) is 18.4 Å². The van der Waals surface area contributed by atoms with Crippen molar-refractivity contribution in [1.29, 1.82) is 0 Å². The van der Waals surface area contributed by atoms with Crippen LogP contribution in [0.15, 0.2) is 47.6 Å². The molecule has 1 aromatic heterocycles. The lowest BCUT2D eigenvalue weighted by atomic mass is 9.93. The van der Waals surface area contributed by atoms with Gasteiger partial charge in [0.15, 0.2) is 5.82 Å². The quantitative estimate of drug-likeness (QED) is 0.692. The van der Waals surface area contributed by atoms with Gasteiger partial charge >= 0.3 is 6.03 Å². The molecule has 7 heteroatoms. The molecule has 2 aliphatic heterocycles. The Morgan fingerprint density at radius 3 is 2.83 bits per heavy atom. The molecule has 2 amide bonds. The zero-order valence-corrected chi connectivity index (χ0v) is 18.1. The number of para-hydroxylation sites is 1. The predicted octanol–water partition coefficient (Wildman–Crippen LogP) is 4.36. The first-order valence-electron chi connectivity index (χ1n) is 10.5. The summed E-state index contributed by atoms with van der Waals surface area (Å²) in [5, 5.41) is 10.2. The maximum absolute atomic E-state index is 13.1. The van der Waals surface area contributed by atoms with Crippen LogP contribution in [0.2, 0.25) is 0 Å². The first kappa shape index (κ1) is 20.2. The number of anilines is 3. The summed E-state index contributed by atoms with van der Waals surface area (Å²) in [5.41, 5.74) is 2.24. The molecule has 0 radical (unpaired) electrons. The van der Waals surface area contributed by atoms with Gasteiger partial charge in [0.25, 0.3) is 0 Å². The van der Waals surface area contributed by atoms with Crippen molar-refractivity contribution in [1.82, 2.24) is 9.88 Å². The number of amidine groups is 1. The molecular weight excluding hydrogens is 376 g/mol. The van der Waals surface area contributed by atoms with E-state index >= 15 is 0 Å². The Morgan fingerprint density at radius 2 is 2.07 bits per heavy atom. The number of carbonyl (C=O) groups excluding carboxylic acids is 1. The van der Waals surface area contributed by atoms with Gasteiger partial charge in [-0.05, 0) is 57.4 Å². The minimum atomic E-state index is -0.453. The monoisotopic (exact) mass is 406 g/mol. The van der Waals surface area contributed by atoms with E-state index in [1.807, 2.05) is 41.3 Å². The number of amides is 2. The highest BCUT2D eigenvalue weighted by Gasteiger charge is 2.47. The van der Waals surface area contributed by atoms with Gasteiger partial charge in [-0.25, -0.2) is 9.78 Å². The van der Waals surface area contributed by atoms with E-state index in [-0.39, 0.29) is 11.6 Å². The summed E-state index contributed by atoms with van der Waals surface area (Å²) in [7, 11) is 0. The number of aromatic nitrogens is 1. The normalized spacial score (nSPS) is 21.9. The molecule has 1 spiro atoms. The number of aryl methyl sites for hydroxylation is 1. The zero-order valence-electron chi connectivity index (χ0n) is 18.1. The molecule has 1 aromatic carbocycles. The number of hydrogen-bond acceptors (Lipinski definition) is 4. The molecule has 2 aliphatic rings. The predicted molar refractivity (Wildman–Crippen MR) is 122 cm³/mol. The molecule has 1 fully saturated rings. The Kier molecular flexibility index (Phi) is 5.13. The molecule has 1 atom stereocenters. The highest BCUT2D eigenvalue weighted by atomic mass is 16.2. The van der Waals surface area contributed by atoms with Crippen LogP contribution in [0.3, 0.4) is 0 Å². The lowest BCUT2D eigenvalue weighted by Crippen LogP contribution is -2.55. The van der Waals surface area contributed by atoms with Gasteiger partial charge in [0.1, 0.15) is 11.4 Å². The molecule has 4 rings (SSSR count). The number of hydrogen-bond donors (Lipinski definition) is 3. The van der Waals surface area contributed by atoms with Gasteiger partial charge in [-0.15, -0.1) is 0 Å². The van der Waals surface area contributed by atoms with Crippen LogP contribution in [0, 0.1) is 0 Å². The molecule has 0 saturated carbocycles. The van der Waals surface area contributed by atoms with Crippen molar-refractivity contribution >= 4 is 29.1 Å². The number of fused-ring (bicyclic) bond motifs is 1. The first-order chi connectivity index (χ1) is 14.3. The number of nitrogens with one attached hydrogen (secondary N) is 3. The highest BCUT2D eigenvalue weighted by molar-refractivity contribution is 6.09. The summed E-state index contributed by atoms with van der Waals surface area (Å²) in [6, 6.07) is 11.8. The summed E-state index contributed by atoms with van der Waals surface area (Å²) >= 11 is 0. The van der Waals surface area contributed by atoms with Gasteiger partial charge in [0.05, 0.1) is 17.8 Å². The molecule has 0 unspecified atom stereocenters. The van der Waals surface area contributed by atoms with Crippen LogP contribution in [0.4, 0.5) is 22.0 Å². The SMILES string of the molecule is CCc1ccccc1NC(=O)N1CC[C@@]2(C1)Nc1cccnc1NC2=NC(C)(C)C. The largest absolute Gasteiger partial charge is 0.368 e. The second-order valence-electron chi connectivity index (χ2n) is 8.98. The lowest BCUT2D eigenvalue weighted by Gasteiger charge is -2.39.